The Kier molecular flexibility index (Phi) is 4.74. The van der Waals surface area contributed by atoms with Crippen molar-refractivity contribution in [2.24, 2.45) is 5.92 Å². The minimum absolute atomic E-state index is 0.230. The SMILES string of the molecule is c1ccc(OCC2CC[N]C2COc2ccccc2)cc1. The first-order chi connectivity index (χ1) is 10.4. The summed E-state index contributed by atoms with van der Waals surface area (Å²) in [5.74, 6) is 2.27. The third-order valence-electron chi connectivity index (χ3n) is 3.78. The second-order valence-electron chi connectivity index (χ2n) is 5.27. The van der Waals surface area contributed by atoms with Crippen LogP contribution in [0.5, 0.6) is 11.5 Å². The van der Waals surface area contributed by atoms with Crippen LogP contribution in [0.25, 0.3) is 0 Å². The van der Waals surface area contributed by atoms with Crippen LogP contribution in [0, 0.1) is 5.92 Å². The molecule has 0 bridgehead atoms. The lowest BCUT2D eigenvalue weighted by molar-refractivity contribution is 0.190. The Bertz CT molecular complexity index is 480. The number of hydrogen-bond donors (Lipinski definition) is 0. The van der Waals surface area contributed by atoms with Crippen LogP contribution in [0.15, 0.2) is 60.7 Å². The maximum atomic E-state index is 5.86. The summed E-state index contributed by atoms with van der Waals surface area (Å²) in [4.78, 5) is 0. The molecule has 1 heterocycles. The van der Waals surface area contributed by atoms with Crippen molar-refractivity contribution in [1.82, 2.24) is 5.32 Å². The first-order valence-electron chi connectivity index (χ1n) is 7.44. The van der Waals surface area contributed by atoms with Gasteiger partial charge in [-0.05, 0) is 30.7 Å². The molecule has 2 aromatic carbocycles. The third kappa shape index (κ3) is 3.99. The van der Waals surface area contributed by atoms with Gasteiger partial charge >= 0.3 is 0 Å². The Morgan fingerprint density at radius 3 is 2.00 bits per heavy atom. The van der Waals surface area contributed by atoms with Crippen molar-refractivity contribution in [3.63, 3.8) is 0 Å². The summed E-state index contributed by atoms with van der Waals surface area (Å²) in [6, 6.07) is 20.1. The van der Waals surface area contributed by atoms with Gasteiger partial charge in [-0.2, -0.15) is 0 Å². The van der Waals surface area contributed by atoms with Crippen molar-refractivity contribution >= 4 is 0 Å². The molecule has 3 nitrogen and oxygen atoms in total. The van der Waals surface area contributed by atoms with Gasteiger partial charge in [0, 0.05) is 12.5 Å². The molecule has 0 N–H and O–H groups in total. The quantitative estimate of drug-likeness (QED) is 0.815. The molecule has 1 saturated heterocycles. The van der Waals surface area contributed by atoms with E-state index in [-0.39, 0.29) is 6.04 Å². The molecule has 3 heteroatoms. The summed E-state index contributed by atoms with van der Waals surface area (Å²) < 4.78 is 11.7. The predicted octanol–water partition coefficient (Wildman–Crippen LogP) is 3.14. The molecule has 1 aliphatic heterocycles. The van der Waals surface area contributed by atoms with Gasteiger partial charge in [0.2, 0.25) is 0 Å². The lowest BCUT2D eigenvalue weighted by Gasteiger charge is -2.19. The van der Waals surface area contributed by atoms with Gasteiger partial charge in [-0.3, -0.25) is 0 Å². The van der Waals surface area contributed by atoms with Gasteiger partial charge < -0.3 is 9.47 Å². The van der Waals surface area contributed by atoms with Gasteiger partial charge in [-0.15, -0.1) is 0 Å². The van der Waals surface area contributed by atoms with Crippen LogP contribution < -0.4 is 14.8 Å². The topological polar surface area (TPSA) is 32.6 Å². The molecule has 0 aromatic heterocycles. The molecule has 21 heavy (non-hydrogen) atoms. The monoisotopic (exact) mass is 282 g/mol. The highest BCUT2D eigenvalue weighted by Gasteiger charge is 2.29. The largest absolute Gasteiger partial charge is 0.493 e. The molecule has 3 rings (SSSR count). The Labute approximate surface area is 125 Å². The molecule has 109 valence electrons. The molecule has 0 amide bonds. The van der Waals surface area contributed by atoms with Crippen LogP contribution in [0.1, 0.15) is 6.42 Å². The molecule has 2 atom stereocenters. The molecule has 1 radical (unpaired) electrons. The summed E-state index contributed by atoms with van der Waals surface area (Å²) >= 11 is 0. The second-order valence-corrected chi connectivity index (χ2v) is 5.27. The molecule has 1 aliphatic rings. The second kappa shape index (κ2) is 7.14. The maximum Gasteiger partial charge on any atom is 0.119 e. The van der Waals surface area contributed by atoms with Crippen LogP contribution in [0.3, 0.4) is 0 Å². The van der Waals surface area contributed by atoms with Crippen molar-refractivity contribution < 1.29 is 9.47 Å². The van der Waals surface area contributed by atoms with E-state index in [9.17, 15) is 0 Å². The summed E-state index contributed by atoms with van der Waals surface area (Å²) in [6.07, 6.45) is 1.08. The average Bonchev–Trinajstić information content (AvgIpc) is 3.00. The molecule has 0 spiro atoms. The van der Waals surface area contributed by atoms with E-state index in [2.05, 4.69) is 5.32 Å². The van der Waals surface area contributed by atoms with Crippen molar-refractivity contribution in [2.75, 3.05) is 19.8 Å². The predicted molar refractivity (Wildman–Crippen MR) is 82.8 cm³/mol. The Hall–Kier alpha value is -2.00. The number of benzene rings is 2. The number of para-hydroxylation sites is 2. The summed E-state index contributed by atoms with van der Waals surface area (Å²) in [5, 5.41) is 4.64. The maximum absolute atomic E-state index is 5.86. The highest BCUT2D eigenvalue weighted by molar-refractivity contribution is 5.21. The van der Waals surface area contributed by atoms with Crippen LogP contribution in [-0.4, -0.2) is 25.8 Å². The number of nitrogens with zero attached hydrogens (tertiary/aromatic N) is 1. The molecule has 2 unspecified atom stereocenters. The zero-order valence-electron chi connectivity index (χ0n) is 12.0. The van der Waals surface area contributed by atoms with Crippen molar-refractivity contribution in [3.8, 4) is 11.5 Å². The zero-order chi connectivity index (χ0) is 14.3. The zero-order valence-corrected chi connectivity index (χ0v) is 12.0. The fourth-order valence-electron chi connectivity index (χ4n) is 2.55. The molecule has 2 aromatic rings. The van der Waals surface area contributed by atoms with Gasteiger partial charge in [0.25, 0.3) is 0 Å². The van der Waals surface area contributed by atoms with Gasteiger partial charge in [0.1, 0.15) is 18.1 Å². The van der Waals surface area contributed by atoms with E-state index in [1.165, 1.54) is 0 Å². The Morgan fingerprint density at radius 2 is 1.38 bits per heavy atom. The fourth-order valence-corrected chi connectivity index (χ4v) is 2.55. The standard InChI is InChI=1S/C18H20NO2/c1-3-7-16(8-4-1)20-13-15-11-12-19-18(15)14-21-17-9-5-2-6-10-17/h1-10,15,18H,11-14H2. The van der Waals surface area contributed by atoms with E-state index < -0.39 is 0 Å². The smallest absolute Gasteiger partial charge is 0.119 e. The minimum Gasteiger partial charge on any atom is -0.493 e. The van der Waals surface area contributed by atoms with E-state index in [4.69, 9.17) is 9.47 Å². The fraction of sp³-hybridized carbons (Fsp3) is 0.333. The third-order valence-corrected chi connectivity index (χ3v) is 3.78. The molecule has 1 fully saturated rings. The lowest BCUT2D eigenvalue weighted by atomic mass is 10.0. The van der Waals surface area contributed by atoms with E-state index in [1.54, 1.807) is 0 Å². The van der Waals surface area contributed by atoms with Crippen LogP contribution in [0.2, 0.25) is 0 Å². The number of rotatable bonds is 6. The Morgan fingerprint density at radius 1 is 0.810 bits per heavy atom. The van der Waals surface area contributed by atoms with Gasteiger partial charge in [0.15, 0.2) is 0 Å². The van der Waals surface area contributed by atoms with Gasteiger partial charge in [-0.1, -0.05) is 36.4 Å². The van der Waals surface area contributed by atoms with E-state index in [0.29, 0.717) is 19.1 Å². The van der Waals surface area contributed by atoms with Gasteiger partial charge in [0.05, 0.1) is 12.6 Å². The summed E-state index contributed by atoms with van der Waals surface area (Å²) in [6.45, 7) is 2.24. The molecule has 0 saturated carbocycles. The van der Waals surface area contributed by atoms with Crippen LogP contribution in [0.4, 0.5) is 0 Å². The van der Waals surface area contributed by atoms with Crippen molar-refractivity contribution in [1.29, 1.82) is 0 Å². The summed E-state index contributed by atoms with van der Waals surface area (Å²) in [5.41, 5.74) is 0. The number of ether oxygens (including phenoxy) is 2. The van der Waals surface area contributed by atoms with Gasteiger partial charge in [-0.25, -0.2) is 5.32 Å². The van der Waals surface area contributed by atoms with Crippen LogP contribution in [-0.2, 0) is 0 Å². The van der Waals surface area contributed by atoms with Crippen molar-refractivity contribution in [3.05, 3.63) is 60.7 Å². The van der Waals surface area contributed by atoms with E-state index in [1.807, 2.05) is 60.7 Å². The summed E-state index contributed by atoms with van der Waals surface area (Å²) in [7, 11) is 0. The average molecular weight is 282 g/mol. The minimum atomic E-state index is 0.230. The lowest BCUT2D eigenvalue weighted by Crippen LogP contribution is -2.32. The molecular weight excluding hydrogens is 262 g/mol. The highest BCUT2D eigenvalue weighted by atomic mass is 16.5. The molecular formula is C18H20NO2. The van der Waals surface area contributed by atoms with Crippen LogP contribution >= 0.6 is 0 Å². The van der Waals surface area contributed by atoms with E-state index in [0.717, 1.165) is 24.5 Å². The van der Waals surface area contributed by atoms with Crippen molar-refractivity contribution in [2.45, 2.75) is 12.5 Å². The number of hydrogen-bond acceptors (Lipinski definition) is 2. The highest BCUT2D eigenvalue weighted by Crippen LogP contribution is 2.21. The first kappa shape index (κ1) is 14.0. The Balaban J connectivity index is 1.49. The normalized spacial score (nSPS) is 21.1. The first-order valence-corrected chi connectivity index (χ1v) is 7.44. The van der Waals surface area contributed by atoms with E-state index >= 15 is 0 Å². The molecule has 0 aliphatic carbocycles.